The molecule has 0 aromatic carbocycles. The van der Waals surface area contributed by atoms with Gasteiger partial charge in [0.25, 0.3) is 0 Å². The summed E-state index contributed by atoms with van der Waals surface area (Å²) in [7, 11) is 7.20. The second-order valence-electron chi connectivity index (χ2n) is 4.55. The molecule has 0 bridgehead atoms. The minimum atomic E-state index is -0.318. The Hall–Kier alpha value is -0.850. The van der Waals surface area contributed by atoms with E-state index in [2.05, 4.69) is 9.64 Å². The van der Waals surface area contributed by atoms with Gasteiger partial charge < -0.3 is 14.5 Å². The highest BCUT2D eigenvalue weighted by atomic mass is 16.5. The molecule has 0 aliphatic carbocycles. The van der Waals surface area contributed by atoms with Crippen LogP contribution in [0.1, 0.15) is 6.42 Å². The Morgan fingerprint density at radius 1 is 1.50 bits per heavy atom. The average molecular weight is 230 g/mol. The Balaban J connectivity index is 2.46. The van der Waals surface area contributed by atoms with Crippen LogP contribution in [0.5, 0.6) is 0 Å². The molecular weight excluding hydrogens is 208 g/mol. The zero-order chi connectivity index (χ0) is 12.3. The Bertz CT molecular complexity index is 247. The lowest BCUT2D eigenvalue weighted by Gasteiger charge is -2.24. The highest BCUT2D eigenvalue weighted by molar-refractivity contribution is 5.66. The number of hydrogen-bond donors (Lipinski definition) is 1. The third-order valence-corrected chi connectivity index (χ3v) is 3.14. The minimum absolute atomic E-state index is 0.205. The second-order valence-corrected chi connectivity index (χ2v) is 4.55. The van der Waals surface area contributed by atoms with Gasteiger partial charge in [0.1, 0.15) is 0 Å². The highest BCUT2D eigenvalue weighted by Gasteiger charge is 2.32. The topological polar surface area (TPSA) is 62.0 Å². The number of hydrazine groups is 1. The number of methoxy groups -OCH3 is 1. The van der Waals surface area contributed by atoms with E-state index in [1.54, 1.807) is 11.9 Å². The van der Waals surface area contributed by atoms with Crippen molar-refractivity contribution in [1.82, 2.24) is 14.8 Å². The van der Waals surface area contributed by atoms with Crippen molar-refractivity contribution in [2.45, 2.75) is 18.5 Å². The van der Waals surface area contributed by atoms with Gasteiger partial charge in [0.05, 0.1) is 7.11 Å². The Kier molecular flexibility index (Phi) is 4.52. The van der Waals surface area contributed by atoms with Crippen LogP contribution in [0.3, 0.4) is 0 Å². The van der Waals surface area contributed by atoms with Crippen molar-refractivity contribution < 1.29 is 9.53 Å². The van der Waals surface area contributed by atoms with E-state index < -0.39 is 0 Å². The molecule has 0 unspecified atom stereocenters. The molecule has 1 amide bonds. The minimum Gasteiger partial charge on any atom is -0.453 e. The number of carbonyl (C=O) groups excluding carboxylic acids is 1. The summed E-state index contributed by atoms with van der Waals surface area (Å²) >= 11 is 0. The van der Waals surface area contributed by atoms with E-state index >= 15 is 0 Å². The van der Waals surface area contributed by atoms with Gasteiger partial charge in [-0.15, -0.1) is 0 Å². The Morgan fingerprint density at radius 3 is 2.56 bits per heavy atom. The van der Waals surface area contributed by atoms with E-state index in [0.29, 0.717) is 12.6 Å². The first-order chi connectivity index (χ1) is 7.45. The van der Waals surface area contributed by atoms with Gasteiger partial charge >= 0.3 is 6.09 Å². The SMILES string of the molecule is COC(=O)N(C)C[C@@H]1C[C@H](N(C)C)CN1N. The summed E-state index contributed by atoms with van der Waals surface area (Å²) in [5, 5.41) is 1.81. The van der Waals surface area contributed by atoms with Crippen LogP contribution < -0.4 is 5.84 Å². The summed E-state index contributed by atoms with van der Waals surface area (Å²) in [5.74, 6) is 5.92. The number of likely N-dealkylation sites (N-methyl/N-ethyl adjacent to an activating group) is 2. The molecule has 0 spiro atoms. The lowest BCUT2D eigenvalue weighted by molar-refractivity contribution is 0.119. The van der Waals surface area contributed by atoms with E-state index in [1.165, 1.54) is 7.11 Å². The standard InChI is InChI=1S/C10H22N4O2/c1-12(2)8-5-9(14(11)7-8)6-13(3)10(15)16-4/h8-9H,5-7,11H2,1-4H3/t8-,9-/m0/s1. The molecule has 1 aliphatic rings. The van der Waals surface area contributed by atoms with Crippen molar-refractivity contribution in [2.75, 3.05) is 41.3 Å². The van der Waals surface area contributed by atoms with Crippen LogP contribution in [0, 0.1) is 0 Å². The van der Waals surface area contributed by atoms with Crippen LogP contribution in [0.15, 0.2) is 0 Å². The first-order valence-electron chi connectivity index (χ1n) is 5.42. The molecule has 0 aromatic heterocycles. The van der Waals surface area contributed by atoms with E-state index in [0.717, 1.165) is 13.0 Å². The molecule has 2 atom stereocenters. The molecule has 1 heterocycles. The predicted octanol–water partition coefficient (Wildman–Crippen LogP) is -0.437. The van der Waals surface area contributed by atoms with Crippen molar-refractivity contribution in [3.63, 3.8) is 0 Å². The number of ether oxygens (including phenoxy) is 1. The fraction of sp³-hybridized carbons (Fsp3) is 0.900. The molecule has 1 saturated heterocycles. The molecule has 0 radical (unpaired) electrons. The van der Waals surface area contributed by atoms with Gasteiger partial charge in [0.15, 0.2) is 0 Å². The molecular formula is C10H22N4O2. The maximum Gasteiger partial charge on any atom is 0.409 e. The highest BCUT2D eigenvalue weighted by Crippen LogP contribution is 2.18. The maximum absolute atomic E-state index is 11.3. The molecule has 6 heteroatoms. The Morgan fingerprint density at radius 2 is 2.12 bits per heavy atom. The summed E-state index contributed by atoms with van der Waals surface area (Å²) < 4.78 is 4.65. The molecule has 0 saturated carbocycles. The zero-order valence-electron chi connectivity index (χ0n) is 10.5. The molecule has 2 N–H and O–H groups in total. The van der Waals surface area contributed by atoms with Crippen molar-refractivity contribution >= 4 is 6.09 Å². The number of nitrogens with zero attached hydrogens (tertiary/aromatic N) is 3. The van der Waals surface area contributed by atoms with E-state index in [1.807, 2.05) is 19.1 Å². The summed E-state index contributed by atoms with van der Waals surface area (Å²) in [6, 6.07) is 0.664. The van der Waals surface area contributed by atoms with E-state index in [9.17, 15) is 4.79 Å². The van der Waals surface area contributed by atoms with Gasteiger partial charge in [0.2, 0.25) is 0 Å². The summed E-state index contributed by atoms with van der Waals surface area (Å²) in [6.45, 7) is 1.44. The van der Waals surface area contributed by atoms with Crippen LogP contribution in [0.2, 0.25) is 0 Å². The van der Waals surface area contributed by atoms with Crippen molar-refractivity contribution in [3.8, 4) is 0 Å². The van der Waals surface area contributed by atoms with Crippen molar-refractivity contribution in [3.05, 3.63) is 0 Å². The van der Waals surface area contributed by atoms with Gasteiger partial charge in [0, 0.05) is 32.2 Å². The predicted molar refractivity (Wildman–Crippen MR) is 61.8 cm³/mol. The molecule has 0 aromatic rings. The Labute approximate surface area is 96.9 Å². The molecule has 1 fully saturated rings. The molecule has 1 rings (SSSR count). The first kappa shape index (κ1) is 13.2. The molecule has 6 nitrogen and oxygen atoms in total. The quantitative estimate of drug-likeness (QED) is 0.666. The second kappa shape index (κ2) is 5.47. The summed E-state index contributed by atoms with van der Waals surface area (Å²) in [4.78, 5) is 15.0. The number of hydrogen-bond acceptors (Lipinski definition) is 5. The maximum atomic E-state index is 11.3. The third kappa shape index (κ3) is 3.07. The smallest absolute Gasteiger partial charge is 0.409 e. The van der Waals surface area contributed by atoms with Gasteiger partial charge in [-0.05, 0) is 20.5 Å². The summed E-state index contributed by atoms with van der Waals surface area (Å²) in [6.07, 6.45) is 0.659. The molecule has 1 aliphatic heterocycles. The van der Waals surface area contributed by atoms with Crippen LogP contribution in [0.25, 0.3) is 0 Å². The fourth-order valence-corrected chi connectivity index (χ4v) is 2.02. The number of amides is 1. The van der Waals surface area contributed by atoms with E-state index in [4.69, 9.17) is 5.84 Å². The van der Waals surface area contributed by atoms with E-state index in [-0.39, 0.29) is 12.1 Å². The van der Waals surface area contributed by atoms with Gasteiger partial charge in [-0.25, -0.2) is 9.80 Å². The normalized spacial score (nSPS) is 26.1. The van der Waals surface area contributed by atoms with Gasteiger partial charge in [-0.2, -0.15) is 0 Å². The number of nitrogens with two attached hydrogens (primary N) is 1. The van der Waals surface area contributed by atoms with Crippen molar-refractivity contribution in [1.29, 1.82) is 0 Å². The number of rotatable bonds is 3. The number of carbonyl (C=O) groups is 1. The van der Waals surface area contributed by atoms with Crippen LogP contribution in [0.4, 0.5) is 4.79 Å². The van der Waals surface area contributed by atoms with Gasteiger partial charge in [-0.3, -0.25) is 5.84 Å². The monoisotopic (exact) mass is 230 g/mol. The lowest BCUT2D eigenvalue weighted by atomic mass is 10.1. The average Bonchev–Trinajstić information content (AvgIpc) is 2.59. The van der Waals surface area contributed by atoms with Crippen molar-refractivity contribution in [2.24, 2.45) is 5.84 Å². The van der Waals surface area contributed by atoms with Crippen LogP contribution in [-0.4, -0.2) is 74.3 Å². The van der Waals surface area contributed by atoms with Crippen LogP contribution in [-0.2, 0) is 4.74 Å². The third-order valence-electron chi connectivity index (χ3n) is 3.14. The van der Waals surface area contributed by atoms with Gasteiger partial charge in [-0.1, -0.05) is 0 Å². The lowest BCUT2D eigenvalue weighted by Crippen LogP contribution is -2.44. The fourth-order valence-electron chi connectivity index (χ4n) is 2.02. The molecule has 16 heavy (non-hydrogen) atoms. The largest absolute Gasteiger partial charge is 0.453 e. The van der Waals surface area contributed by atoms with Crippen LogP contribution >= 0.6 is 0 Å². The summed E-state index contributed by atoms with van der Waals surface area (Å²) in [5.41, 5.74) is 0. The first-order valence-corrected chi connectivity index (χ1v) is 5.42. The zero-order valence-corrected chi connectivity index (χ0v) is 10.5. The molecule has 94 valence electrons.